The van der Waals surface area contributed by atoms with Crippen LogP contribution in [-0.2, 0) is 6.54 Å². The van der Waals surface area contributed by atoms with Crippen molar-refractivity contribution in [3.63, 3.8) is 0 Å². The number of hydrogen-bond acceptors (Lipinski definition) is 3. The third-order valence-corrected chi connectivity index (χ3v) is 3.51. The minimum atomic E-state index is -0.381. The number of benzene rings is 1. The average molecular weight is 295 g/mol. The lowest BCUT2D eigenvalue weighted by Crippen LogP contribution is -2.27. The highest BCUT2D eigenvalue weighted by molar-refractivity contribution is 5.98. The first-order valence-electron chi connectivity index (χ1n) is 7.61. The molecule has 0 unspecified atom stereocenters. The number of nitrogens with two attached hydrogens (primary N) is 1. The van der Waals surface area contributed by atoms with E-state index in [1.807, 2.05) is 0 Å². The van der Waals surface area contributed by atoms with Crippen LogP contribution in [0.4, 0.5) is 4.39 Å². The van der Waals surface area contributed by atoms with Crippen LogP contribution in [-0.4, -0.2) is 29.0 Å². The van der Waals surface area contributed by atoms with Crippen LogP contribution < -0.4 is 5.73 Å². The second kappa shape index (κ2) is 9.34. The predicted molar refractivity (Wildman–Crippen MR) is 84.0 cm³/mol. The summed E-state index contributed by atoms with van der Waals surface area (Å²) < 4.78 is 13.4. The molecule has 0 fully saturated rings. The highest BCUT2D eigenvalue weighted by atomic mass is 19.1. The first kappa shape index (κ1) is 17.4. The summed E-state index contributed by atoms with van der Waals surface area (Å²) in [5, 5.41) is 11.8. The fourth-order valence-corrected chi connectivity index (χ4v) is 2.25. The molecule has 0 aliphatic heterocycles. The number of oxime groups is 1. The van der Waals surface area contributed by atoms with Crippen LogP contribution in [0.3, 0.4) is 0 Å². The molecule has 3 N–H and O–H groups in total. The molecule has 0 saturated carbocycles. The summed E-state index contributed by atoms with van der Waals surface area (Å²) >= 11 is 0. The van der Waals surface area contributed by atoms with E-state index < -0.39 is 0 Å². The van der Waals surface area contributed by atoms with E-state index in [-0.39, 0.29) is 11.7 Å². The van der Waals surface area contributed by atoms with Gasteiger partial charge < -0.3 is 10.9 Å². The van der Waals surface area contributed by atoms with Crippen molar-refractivity contribution in [3.8, 4) is 0 Å². The Labute approximate surface area is 126 Å². The molecule has 0 spiro atoms. The highest BCUT2D eigenvalue weighted by Gasteiger charge is 2.12. The Morgan fingerprint density at radius 3 is 2.38 bits per heavy atom. The largest absolute Gasteiger partial charge is 0.409 e. The third-order valence-electron chi connectivity index (χ3n) is 3.51. The Morgan fingerprint density at radius 2 is 1.86 bits per heavy atom. The van der Waals surface area contributed by atoms with Gasteiger partial charge in [-0.3, -0.25) is 4.90 Å². The van der Waals surface area contributed by atoms with Crippen LogP contribution in [0.15, 0.2) is 23.4 Å². The first-order valence-corrected chi connectivity index (χ1v) is 7.61. The van der Waals surface area contributed by atoms with Gasteiger partial charge in [-0.2, -0.15) is 0 Å². The number of nitrogens with zero attached hydrogens (tertiary/aromatic N) is 2. The second-order valence-electron chi connectivity index (χ2n) is 5.27. The van der Waals surface area contributed by atoms with Crippen LogP contribution in [0.2, 0.25) is 0 Å². The quantitative estimate of drug-likeness (QED) is 0.318. The van der Waals surface area contributed by atoms with Crippen molar-refractivity contribution in [1.29, 1.82) is 0 Å². The molecule has 0 aromatic heterocycles. The SMILES string of the molecule is CCCCN(CCCC)Cc1ccc(F)cc1C(N)=NO. The van der Waals surface area contributed by atoms with E-state index in [0.717, 1.165) is 44.3 Å². The molecule has 0 bridgehead atoms. The van der Waals surface area contributed by atoms with E-state index in [4.69, 9.17) is 10.9 Å². The lowest BCUT2D eigenvalue weighted by molar-refractivity contribution is 0.257. The summed E-state index contributed by atoms with van der Waals surface area (Å²) in [4.78, 5) is 2.34. The molecular formula is C16H26FN3O. The Hall–Kier alpha value is -1.62. The van der Waals surface area contributed by atoms with Gasteiger partial charge in [0.05, 0.1) is 0 Å². The summed E-state index contributed by atoms with van der Waals surface area (Å²) in [6.45, 7) is 7.02. The average Bonchev–Trinajstić information content (AvgIpc) is 2.50. The van der Waals surface area contributed by atoms with E-state index in [1.54, 1.807) is 6.07 Å². The predicted octanol–water partition coefficient (Wildman–Crippen LogP) is 3.32. The molecule has 21 heavy (non-hydrogen) atoms. The van der Waals surface area contributed by atoms with Crippen molar-refractivity contribution in [2.45, 2.75) is 46.1 Å². The van der Waals surface area contributed by atoms with E-state index in [1.165, 1.54) is 12.1 Å². The van der Waals surface area contributed by atoms with Gasteiger partial charge in [-0.05, 0) is 43.6 Å². The second-order valence-corrected chi connectivity index (χ2v) is 5.27. The Balaban J connectivity index is 2.91. The summed E-state index contributed by atoms with van der Waals surface area (Å²) in [7, 11) is 0. The van der Waals surface area contributed by atoms with Crippen LogP contribution in [0.1, 0.15) is 50.7 Å². The smallest absolute Gasteiger partial charge is 0.170 e. The van der Waals surface area contributed by atoms with Gasteiger partial charge in [0.2, 0.25) is 0 Å². The zero-order valence-electron chi connectivity index (χ0n) is 13.0. The number of halogens is 1. The first-order chi connectivity index (χ1) is 10.1. The van der Waals surface area contributed by atoms with Gasteiger partial charge in [0, 0.05) is 12.1 Å². The number of rotatable bonds is 9. The topological polar surface area (TPSA) is 61.8 Å². The fourth-order valence-electron chi connectivity index (χ4n) is 2.25. The molecule has 0 aliphatic rings. The van der Waals surface area contributed by atoms with Gasteiger partial charge in [0.25, 0.3) is 0 Å². The van der Waals surface area contributed by atoms with Crippen molar-refractivity contribution in [3.05, 3.63) is 35.1 Å². The lowest BCUT2D eigenvalue weighted by Gasteiger charge is -2.23. The fraction of sp³-hybridized carbons (Fsp3) is 0.562. The molecule has 0 saturated heterocycles. The molecule has 4 nitrogen and oxygen atoms in total. The Bertz CT molecular complexity index is 455. The molecular weight excluding hydrogens is 269 g/mol. The van der Waals surface area contributed by atoms with E-state index in [2.05, 4.69) is 23.9 Å². The molecule has 0 heterocycles. The number of amidine groups is 1. The Kier molecular flexibility index (Phi) is 7.75. The molecule has 1 aromatic carbocycles. The maximum Gasteiger partial charge on any atom is 0.170 e. The molecule has 0 radical (unpaired) electrons. The molecule has 118 valence electrons. The number of hydrogen-bond donors (Lipinski definition) is 2. The molecule has 0 atom stereocenters. The molecule has 1 aromatic rings. The van der Waals surface area contributed by atoms with Crippen molar-refractivity contribution in [1.82, 2.24) is 4.90 Å². The lowest BCUT2D eigenvalue weighted by atomic mass is 10.1. The van der Waals surface area contributed by atoms with Crippen LogP contribution >= 0.6 is 0 Å². The van der Waals surface area contributed by atoms with Gasteiger partial charge in [-0.15, -0.1) is 0 Å². The van der Waals surface area contributed by atoms with E-state index in [9.17, 15) is 4.39 Å². The van der Waals surface area contributed by atoms with Gasteiger partial charge in [-0.1, -0.05) is 37.9 Å². The maximum atomic E-state index is 13.4. The molecule has 0 aliphatic carbocycles. The maximum absolute atomic E-state index is 13.4. The minimum Gasteiger partial charge on any atom is -0.409 e. The van der Waals surface area contributed by atoms with Crippen molar-refractivity contribution in [2.75, 3.05) is 13.1 Å². The number of unbranched alkanes of at least 4 members (excludes halogenated alkanes) is 2. The van der Waals surface area contributed by atoms with Gasteiger partial charge in [0.1, 0.15) is 5.82 Å². The standard InChI is InChI=1S/C16H26FN3O/c1-3-5-9-20(10-6-4-2)12-13-7-8-14(17)11-15(13)16(18)19-21/h7-8,11,21H,3-6,9-10,12H2,1-2H3,(H2,18,19). The van der Waals surface area contributed by atoms with Gasteiger partial charge >= 0.3 is 0 Å². The summed E-state index contributed by atoms with van der Waals surface area (Å²) in [5.74, 6) is -0.426. The van der Waals surface area contributed by atoms with Crippen molar-refractivity contribution in [2.24, 2.45) is 10.9 Å². The van der Waals surface area contributed by atoms with Crippen LogP contribution in [0.5, 0.6) is 0 Å². The highest BCUT2D eigenvalue weighted by Crippen LogP contribution is 2.15. The summed E-state index contributed by atoms with van der Waals surface area (Å²) in [6.07, 6.45) is 4.53. The van der Waals surface area contributed by atoms with Crippen LogP contribution in [0, 0.1) is 5.82 Å². The normalized spacial score (nSPS) is 12.1. The zero-order valence-corrected chi connectivity index (χ0v) is 13.0. The van der Waals surface area contributed by atoms with Gasteiger partial charge in [0.15, 0.2) is 5.84 Å². The minimum absolute atomic E-state index is 0.0459. The van der Waals surface area contributed by atoms with Crippen molar-refractivity contribution < 1.29 is 9.60 Å². The monoisotopic (exact) mass is 295 g/mol. The molecule has 5 heteroatoms. The molecule has 0 amide bonds. The van der Waals surface area contributed by atoms with E-state index >= 15 is 0 Å². The van der Waals surface area contributed by atoms with Crippen LogP contribution in [0.25, 0.3) is 0 Å². The summed E-state index contributed by atoms with van der Waals surface area (Å²) in [6, 6.07) is 4.46. The van der Waals surface area contributed by atoms with Gasteiger partial charge in [-0.25, -0.2) is 4.39 Å². The third kappa shape index (κ3) is 5.71. The molecule has 1 rings (SSSR count). The van der Waals surface area contributed by atoms with Crippen molar-refractivity contribution >= 4 is 5.84 Å². The summed E-state index contributed by atoms with van der Waals surface area (Å²) in [5.41, 5.74) is 7.01. The van der Waals surface area contributed by atoms with E-state index in [0.29, 0.717) is 12.1 Å². The zero-order chi connectivity index (χ0) is 15.7. The Morgan fingerprint density at radius 1 is 1.24 bits per heavy atom.